The van der Waals surface area contributed by atoms with E-state index >= 15 is 0 Å². The number of alkyl halides is 2. The maximum Gasteiger partial charge on any atom is 0.277 e. The number of halogens is 3. The standard InChI is InChI=1S/C16H16F3N3O2S/c1-9-5-12(22-14(23)10-3-2-4-11(17)6-10)25-13(9)15(24)21-8-16(18,19)7-20/h2-6H,7-8,20H2,1H3,(H,21,24)(H,22,23). The van der Waals surface area contributed by atoms with Crippen molar-refractivity contribution < 1.29 is 22.8 Å². The number of aryl methyl sites for hydroxylation is 1. The fourth-order valence-electron chi connectivity index (χ4n) is 1.94. The van der Waals surface area contributed by atoms with Gasteiger partial charge in [-0.2, -0.15) is 0 Å². The van der Waals surface area contributed by atoms with Crippen LogP contribution in [-0.4, -0.2) is 30.8 Å². The Morgan fingerprint density at radius 3 is 2.60 bits per heavy atom. The van der Waals surface area contributed by atoms with Crippen LogP contribution in [0.4, 0.5) is 18.2 Å². The van der Waals surface area contributed by atoms with E-state index in [4.69, 9.17) is 5.73 Å². The zero-order chi connectivity index (χ0) is 18.6. The fourth-order valence-corrected chi connectivity index (χ4v) is 2.93. The molecule has 0 spiro atoms. The first kappa shape index (κ1) is 18.9. The SMILES string of the molecule is Cc1cc(NC(=O)c2cccc(F)c2)sc1C(=O)NCC(F)(F)CN. The summed E-state index contributed by atoms with van der Waals surface area (Å²) in [6.07, 6.45) is 0. The van der Waals surface area contributed by atoms with Gasteiger partial charge in [-0.3, -0.25) is 9.59 Å². The molecular weight excluding hydrogens is 355 g/mol. The van der Waals surface area contributed by atoms with Crippen molar-refractivity contribution in [2.75, 3.05) is 18.4 Å². The van der Waals surface area contributed by atoms with Crippen LogP contribution in [0.5, 0.6) is 0 Å². The molecule has 0 aliphatic carbocycles. The van der Waals surface area contributed by atoms with E-state index in [1.165, 1.54) is 24.3 Å². The van der Waals surface area contributed by atoms with Crippen molar-refractivity contribution in [3.05, 3.63) is 52.2 Å². The summed E-state index contributed by atoms with van der Waals surface area (Å²) in [5.74, 6) is -4.95. The number of nitrogens with one attached hydrogen (secondary N) is 2. The number of rotatable bonds is 6. The largest absolute Gasteiger partial charge is 0.345 e. The molecular formula is C16H16F3N3O2S. The van der Waals surface area contributed by atoms with Gasteiger partial charge in [0.1, 0.15) is 5.82 Å². The quantitative estimate of drug-likeness (QED) is 0.730. The van der Waals surface area contributed by atoms with E-state index in [9.17, 15) is 22.8 Å². The number of thiophene rings is 1. The number of carbonyl (C=O) groups excluding carboxylic acids is 2. The van der Waals surface area contributed by atoms with Crippen LogP contribution in [0.2, 0.25) is 0 Å². The predicted molar refractivity (Wildman–Crippen MR) is 89.7 cm³/mol. The molecule has 0 bridgehead atoms. The van der Waals surface area contributed by atoms with Crippen LogP contribution < -0.4 is 16.4 Å². The summed E-state index contributed by atoms with van der Waals surface area (Å²) in [6.45, 7) is -0.124. The van der Waals surface area contributed by atoms with Gasteiger partial charge in [-0.25, -0.2) is 13.2 Å². The molecule has 0 aliphatic heterocycles. The summed E-state index contributed by atoms with van der Waals surface area (Å²) in [5.41, 5.74) is 5.56. The molecule has 1 aromatic heterocycles. The van der Waals surface area contributed by atoms with Crippen molar-refractivity contribution in [2.24, 2.45) is 5.73 Å². The molecule has 2 amide bonds. The molecule has 2 aromatic rings. The van der Waals surface area contributed by atoms with Crippen LogP contribution in [0.1, 0.15) is 25.6 Å². The lowest BCUT2D eigenvalue weighted by atomic mass is 10.2. The molecule has 0 saturated heterocycles. The Morgan fingerprint density at radius 2 is 1.96 bits per heavy atom. The predicted octanol–water partition coefficient (Wildman–Crippen LogP) is 2.77. The average Bonchev–Trinajstić information content (AvgIpc) is 2.93. The van der Waals surface area contributed by atoms with Crippen LogP contribution in [0.3, 0.4) is 0 Å². The second-order valence-corrected chi connectivity index (χ2v) is 6.38. The van der Waals surface area contributed by atoms with E-state index in [-0.39, 0.29) is 10.4 Å². The zero-order valence-corrected chi connectivity index (χ0v) is 14.1. The smallest absolute Gasteiger partial charge is 0.277 e. The van der Waals surface area contributed by atoms with Crippen molar-refractivity contribution in [3.63, 3.8) is 0 Å². The van der Waals surface area contributed by atoms with Crippen LogP contribution in [0.15, 0.2) is 30.3 Å². The summed E-state index contributed by atoms with van der Waals surface area (Å²) in [7, 11) is 0. The van der Waals surface area contributed by atoms with E-state index in [0.717, 1.165) is 17.4 Å². The molecule has 0 unspecified atom stereocenters. The topological polar surface area (TPSA) is 84.2 Å². The van der Waals surface area contributed by atoms with E-state index in [1.807, 2.05) is 0 Å². The Bertz CT molecular complexity index is 793. The minimum Gasteiger partial charge on any atom is -0.345 e. The Hall–Kier alpha value is -2.39. The van der Waals surface area contributed by atoms with Gasteiger partial charge in [0.05, 0.1) is 23.0 Å². The second-order valence-electron chi connectivity index (χ2n) is 5.33. The van der Waals surface area contributed by atoms with Crippen LogP contribution in [0, 0.1) is 12.7 Å². The summed E-state index contributed by atoms with van der Waals surface area (Å²) in [4.78, 5) is 24.3. The number of nitrogens with two attached hydrogens (primary N) is 1. The van der Waals surface area contributed by atoms with Gasteiger partial charge in [0.25, 0.3) is 17.7 Å². The van der Waals surface area contributed by atoms with Crippen molar-refractivity contribution in [1.29, 1.82) is 0 Å². The van der Waals surface area contributed by atoms with Crippen LogP contribution in [-0.2, 0) is 0 Å². The number of carbonyl (C=O) groups is 2. The monoisotopic (exact) mass is 371 g/mol. The van der Waals surface area contributed by atoms with Crippen LogP contribution >= 0.6 is 11.3 Å². The molecule has 0 aliphatic rings. The zero-order valence-electron chi connectivity index (χ0n) is 13.2. The maximum absolute atomic E-state index is 13.2. The number of amides is 2. The minimum atomic E-state index is -3.19. The molecule has 5 nitrogen and oxygen atoms in total. The summed E-state index contributed by atoms with van der Waals surface area (Å²) in [6, 6.07) is 6.68. The number of benzene rings is 1. The molecule has 0 fully saturated rings. The van der Waals surface area contributed by atoms with Gasteiger partial charge in [0, 0.05) is 5.56 Å². The van der Waals surface area contributed by atoms with Gasteiger partial charge < -0.3 is 16.4 Å². The van der Waals surface area contributed by atoms with Crippen LogP contribution in [0.25, 0.3) is 0 Å². The molecule has 1 aromatic carbocycles. The number of hydrogen-bond acceptors (Lipinski definition) is 4. The summed E-state index contributed by atoms with van der Waals surface area (Å²) < 4.78 is 39.4. The normalized spacial score (nSPS) is 11.2. The van der Waals surface area contributed by atoms with Gasteiger partial charge in [-0.15, -0.1) is 11.3 Å². The Balaban J connectivity index is 2.06. The molecule has 0 saturated carbocycles. The third kappa shape index (κ3) is 5.04. The first-order valence-electron chi connectivity index (χ1n) is 7.25. The van der Waals surface area contributed by atoms with Crippen molar-refractivity contribution in [2.45, 2.75) is 12.8 Å². The number of anilines is 1. The third-order valence-corrected chi connectivity index (χ3v) is 4.41. The van der Waals surface area contributed by atoms with Crippen molar-refractivity contribution >= 4 is 28.2 Å². The second kappa shape index (κ2) is 7.66. The molecule has 25 heavy (non-hydrogen) atoms. The lowest BCUT2D eigenvalue weighted by molar-refractivity contribution is 0.0119. The van der Waals surface area contributed by atoms with E-state index in [2.05, 4.69) is 10.6 Å². The van der Waals surface area contributed by atoms with Gasteiger partial charge in [-0.1, -0.05) is 6.07 Å². The van der Waals surface area contributed by atoms with Crippen molar-refractivity contribution in [3.8, 4) is 0 Å². The van der Waals surface area contributed by atoms with E-state index in [0.29, 0.717) is 10.6 Å². The average molecular weight is 371 g/mol. The van der Waals surface area contributed by atoms with Crippen molar-refractivity contribution in [1.82, 2.24) is 5.32 Å². The summed E-state index contributed by atoms with van der Waals surface area (Å²) in [5, 5.41) is 5.02. The highest BCUT2D eigenvalue weighted by Gasteiger charge is 2.28. The first-order valence-corrected chi connectivity index (χ1v) is 8.07. The lowest BCUT2D eigenvalue weighted by Crippen LogP contribution is -2.41. The van der Waals surface area contributed by atoms with Gasteiger partial charge in [0.2, 0.25) is 0 Å². The Kier molecular flexibility index (Phi) is 5.81. The first-order chi connectivity index (χ1) is 11.7. The molecule has 134 valence electrons. The summed E-state index contributed by atoms with van der Waals surface area (Å²) >= 11 is 0.939. The third-order valence-electron chi connectivity index (χ3n) is 3.25. The molecule has 9 heteroatoms. The minimum absolute atomic E-state index is 0.125. The molecule has 4 N–H and O–H groups in total. The van der Waals surface area contributed by atoms with Gasteiger partial charge in [0.15, 0.2) is 0 Å². The Labute approximate surface area is 146 Å². The highest BCUT2D eigenvalue weighted by Crippen LogP contribution is 2.27. The maximum atomic E-state index is 13.2. The Morgan fingerprint density at radius 1 is 1.24 bits per heavy atom. The van der Waals surface area contributed by atoms with Gasteiger partial charge in [-0.05, 0) is 36.8 Å². The lowest BCUT2D eigenvalue weighted by Gasteiger charge is -2.14. The molecule has 0 atom stereocenters. The highest BCUT2D eigenvalue weighted by atomic mass is 32.1. The van der Waals surface area contributed by atoms with E-state index in [1.54, 1.807) is 6.92 Å². The fraction of sp³-hybridized carbons (Fsp3) is 0.250. The molecule has 2 rings (SSSR count). The van der Waals surface area contributed by atoms with E-state index < -0.39 is 36.6 Å². The highest BCUT2D eigenvalue weighted by molar-refractivity contribution is 7.18. The molecule has 0 radical (unpaired) electrons. The number of hydrogen-bond donors (Lipinski definition) is 3. The molecule has 1 heterocycles. The van der Waals surface area contributed by atoms with Gasteiger partial charge >= 0.3 is 0 Å².